The largest absolute Gasteiger partial charge is 0.483 e. The van der Waals surface area contributed by atoms with Gasteiger partial charge < -0.3 is 10.1 Å². The van der Waals surface area contributed by atoms with Crippen molar-refractivity contribution in [1.29, 1.82) is 0 Å². The fourth-order valence-electron chi connectivity index (χ4n) is 2.61. The number of halogens is 1. The molecule has 0 aliphatic carbocycles. The van der Waals surface area contributed by atoms with Gasteiger partial charge in [0.1, 0.15) is 5.75 Å². The molecule has 0 heterocycles. The summed E-state index contributed by atoms with van der Waals surface area (Å²) in [6.07, 6.45) is 1.46. The lowest BCUT2D eigenvalue weighted by Crippen LogP contribution is -2.20. The van der Waals surface area contributed by atoms with Crippen LogP contribution in [0, 0.1) is 6.92 Å². The van der Waals surface area contributed by atoms with Gasteiger partial charge in [-0.1, -0.05) is 35.9 Å². The van der Waals surface area contributed by atoms with E-state index in [4.69, 9.17) is 16.3 Å². The molecule has 3 aromatic carbocycles. The standard InChI is InChI=1S/C23H20ClN3O3/c1-16-5-4-7-20(13-16)26-22(28)15-30-21-8-3-2-6-18(21)14-25-27-23(29)17-9-11-19(24)12-10-17/h2-14H,15H2,1H3,(H,26,28)(H,27,29)/b25-14+. The molecular weight excluding hydrogens is 402 g/mol. The number of anilines is 1. The predicted octanol–water partition coefficient (Wildman–Crippen LogP) is 4.43. The molecule has 3 aromatic rings. The van der Waals surface area contributed by atoms with Crippen LogP contribution in [0.3, 0.4) is 0 Å². The Morgan fingerprint density at radius 3 is 2.57 bits per heavy atom. The van der Waals surface area contributed by atoms with E-state index in [2.05, 4.69) is 15.8 Å². The monoisotopic (exact) mass is 421 g/mol. The molecule has 0 spiro atoms. The highest BCUT2D eigenvalue weighted by molar-refractivity contribution is 6.30. The maximum atomic E-state index is 12.2. The van der Waals surface area contributed by atoms with Crippen molar-refractivity contribution >= 4 is 35.3 Å². The van der Waals surface area contributed by atoms with Crippen molar-refractivity contribution in [3.05, 3.63) is 94.5 Å². The first-order valence-electron chi connectivity index (χ1n) is 9.18. The lowest BCUT2D eigenvalue weighted by Gasteiger charge is -2.10. The fourth-order valence-corrected chi connectivity index (χ4v) is 2.73. The molecular formula is C23H20ClN3O3. The van der Waals surface area contributed by atoms with Gasteiger partial charge in [-0.2, -0.15) is 5.10 Å². The minimum Gasteiger partial charge on any atom is -0.483 e. The van der Waals surface area contributed by atoms with Crippen LogP contribution in [0.5, 0.6) is 5.75 Å². The van der Waals surface area contributed by atoms with Crippen molar-refractivity contribution in [3.63, 3.8) is 0 Å². The number of nitrogens with one attached hydrogen (secondary N) is 2. The van der Waals surface area contributed by atoms with Gasteiger partial charge in [0, 0.05) is 21.8 Å². The first-order valence-corrected chi connectivity index (χ1v) is 9.56. The van der Waals surface area contributed by atoms with E-state index in [1.807, 2.05) is 37.3 Å². The van der Waals surface area contributed by atoms with Crippen LogP contribution in [-0.2, 0) is 4.79 Å². The first kappa shape index (κ1) is 21.1. The second-order valence-electron chi connectivity index (χ2n) is 6.45. The number of carbonyl (C=O) groups is 2. The van der Waals surface area contributed by atoms with Crippen LogP contribution in [0.2, 0.25) is 5.02 Å². The van der Waals surface area contributed by atoms with E-state index in [0.717, 1.165) is 5.56 Å². The zero-order chi connectivity index (χ0) is 21.3. The Hall–Kier alpha value is -3.64. The SMILES string of the molecule is Cc1cccc(NC(=O)COc2ccccc2/C=N/NC(=O)c2ccc(Cl)cc2)c1. The normalized spacial score (nSPS) is 10.6. The van der Waals surface area contributed by atoms with Gasteiger partial charge in [-0.3, -0.25) is 9.59 Å². The predicted molar refractivity (Wildman–Crippen MR) is 118 cm³/mol. The van der Waals surface area contributed by atoms with Gasteiger partial charge in [-0.25, -0.2) is 5.43 Å². The highest BCUT2D eigenvalue weighted by Gasteiger charge is 2.07. The number of carbonyl (C=O) groups excluding carboxylic acids is 2. The molecule has 2 amide bonds. The number of hydrazone groups is 1. The second-order valence-corrected chi connectivity index (χ2v) is 6.89. The molecule has 0 saturated carbocycles. The number of amides is 2. The van der Waals surface area contributed by atoms with Gasteiger partial charge in [-0.05, 0) is 61.0 Å². The lowest BCUT2D eigenvalue weighted by atomic mass is 10.2. The summed E-state index contributed by atoms with van der Waals surface area (Å²) in [7, 11) is 0. The Bertz CT molecular complexity index is 1070. The van der Waals surface area contributed by atoms with E-state index in [1.54, 1.807) is 42.5 Å². The molecule has 0 saturated heterocycles. The molecule has 7 heteroatoms. The van der Waals surface area contributed by atoms with Gasteiger partial charge in [0.05, 0.1) is 6.21 Å². The Morgan fingerprint density at radius 2 is 1.80 bits per heavy atom. The van der Waals surface area contributed by atoms with Crippen LogP contribution < -0.4 is 15.5 Å². The van der Waals surface area contributed by atoms with Crippen LogP contribution >= 0.6 is 11.6 Å². The molecule has 0 aromatic heterocycles. The highest BCUT2D eigenvalue weighted by Crippen LogP contribution is 2.16. The van der Waals surface area contributed by atoms with Crippen molar-refractivity contribution in [2.45, 2.75) is 6.92 Å². The van der Waals surface area contributed by atoms with Crippen molar-refractivity contribution in [1.82, 2.24) is 5.43 Å². The van der Waals surface area contributed by atoms with E-state index in [-0.39, 0.29) is 18.4 Å². The van der Waals surface area contributed by atoms with Crippen LogP contribution in [0.25, 0.3) is 0 Å². The van der Waals surface area contributed by atoms with Gasteiger partial charge in [0.2, 0.25) is 0 Å². The summed E-state index contributed by atoms with van der Waals surface area (Å²) in [5.74, 6) is -0.163. The van der Waals surface area contributed by atoms with Crippen LogP contribution in [0.1, 0.15) is 21.5 Å². The minimum absolute atomic E-state index is 0.157. The molecule has 3 rings (SSSR count). The van der Waals surface area contributed by atoms with E-state index in [9.17, 15) is 9.59 Å². The van der Waals surface area contributed by atoms with Crippen molar-refractivity contribution < 1.29 is 14.3 Å². The number of ether oxygens (including phenoxy) is 1. The van der Waals surface area contributed by atoms with Gasteiger partial charge in [0.15, 0.2) is 6.61 Å². The molecule has 0 aliphatic rings. The Morgan fingerprint density at radius 1 is 1.03 bits per heavy atom. The third-order valence-electron chi connectivity index (χ3n) is 4.06. The summed E-state index contributed by atoms with van der Waals surface area (Å²) < 4.78 is 5.63. The van der Waals surface area contributed by atoms with E-state index >= 15 is 0 Å². The van der Waals surface area contributed by atoms with Crippen LogP contribution in [0.15, 0.2) is 77.9 Å². The summed E-state index contributed by atoms with van der Waals surface area (Å²) in [5, 5.41) is 7.30. The maximum absolute atomic E-state index is 12.2. The Balaban J connectivity index is 1.57. The maximum Gasteiger partial charge on any atom is 0.271 e. The number of benzene rings is 3. The average molecular weight is 422 g/mol. The molecule has 152 valence electrons. The summed E-state index contributed by atoms with van der Waals surface area (Å²) in [6.45, 7) is 1.80. The molecule has 6 nitrogen and oxygen atoms in total. The topological polar surface area (TPSA) is 79.8 Å². The summed E-state index contributed by atoms with van der Waals surface area (Å²) in [6, 6.07) is 21.1. The summed E-state index contributed by atoms with van der Waals surface area (Å²) in [4.78, 5) is 24.2. The third kappa shape index (κ3) is 6.18. The number of rotatable bonds is 7. The highest BCUT2D eigenvalue weighted by atomic mass is 35.5. The fraction of sp³-hybridized carbons (Fsp3) is 0.0870. The van der Waals surface area contributed by atoms with E-state index in [1.165, 1.54) is 6.21 Å². The van der Waals surface area contributed by atoms with Crippen molar-refractivity contribution in [2.75, 3.05) is 11.9 Å². The van der Waals surface area contributed by atoms with Crippen LogP contribution in [0.4, 0.5) is 5.69 Å². The molecule has 30 heavy (non-hydrogen) atoms. The van der Waals surface area contributed by atoms with E-state index in [0.29, 0.717) is 27.6 Å². The van der Waals surface area contributed by atoms with Crippen molar-refractivity contribution in [3.8, 4) is 5.75 Å². The number of nitrogens with zero attached hydrogens (tertiary/aromatic N) is 1. The lowest BCUT2D eigenvalue weighted by molar-refractivity contribution is -0.118. The molecule has 0 aliphatic heterocycles. The third-order valence-corrected chi connectivity index (χ3v) is 4.31. The number of hydrogen-bond donors (Lipinski definition) is 2. The van der Waals surface area contributed by atoms with Gasteiger partial charge in [-0.15, -0.1) is 0 Å². The van der Waals surface area contributed by atoms with E-state index < -0.39 is 0 Å². The molecule has 0 bridgehead atoms. The smallest absolute Gasteiger partial charge is 0.271 e. The zero-order valence-electron chi connectivity index (χ0n) is 16.3. The quantitative estimate of drug-likeness (QED) is 0.437. The Kier molecular flexibility index (Phi) is 7.19. The molecule has 0 fully saturated rings. The van der Waals surface area contributed by atoms with Gasteiger partial charge in [0.25, 0.3) is 11.8 Å². The molecule has 0 atom stereocenters. The zero-order valence-corrected chi connectivity index (χ0v) is 17.0. The minimum atomic E-state index is -0.362. The van der Waals surface area contributed by atoms with Gasteiger partial charge >= 0.3 is 0 Å². The average Bonchev–Trinajstić information content (AvgIpc) is 2.73. The summed E-state index contributed by atoms with van der Waals surface area (Å²) >= 11 is 5.82. The number of hydrogen-bond acceptors (Lipinski definition) is 4. The molecule has 2 N–H and O–H groups in total. The first-order chi connectivity index (χ1) is 14.5. The number of aryl methyl sites for hydroxylation is 1. The molecule has 0 radical (unpaired) electrons. The summed E-state index contributed by atoms with van der Waals surface area (Å²) in [5.41, 5.74) is 5.27. The molecule has 0 unspecified atom stereocenters. The Labute approximate surface area is 179 Å². The van der Waals surface area contributed by atoms with Crippen LogP contribution in [-0.4, -0.2) is 24.6 Å². The second kappa shape index (κ2) is 10.2. The van der Waals surface area contributed by atoms with Crippen molar-refractivity contribution in [2.24, 2.45) is 5.10 Å². The number of para-hydroxylation sites is 1.